The van der Waals surface area contributed by atoms with Crippen molar-refractivity contribution in [2.75, 3.05) is 0 Å². The first-order valence-electron chi connectivity index (χ1n) is 4.18. The van der Waals surface area contributed by atoms with Crippen LogP contribution in [-0.4, -0.2) is 16.2 Å². The first kappa shape index (κ1) is 10.4. The Labute approximate surface area is 94.5 Å². The van der Waals surface area contributed by atoms with Gasteiger partial charge in [0, 0.05) is 20.0 Å². The Morgan fingerprint density at radius 2 is 2.20 bits per heavy atom. The molecule has 78 valence electrons. The summed E-state index contributed by atoms with van der Waals surface area (Å²) in [5.41, 5.74) is 0. The number of aliphatic hydroxyl groups excluding tert-OH is 1. The molecule has 0 saturated carbocycles. The van der Waals surface area contributed by atoms with Gasteiger partial charge >= 0.3 is 5.97 Å². The van der Waals surface area contributed by atoms with Crippen LogP contribution < -0.4 is 0 Å². The molecule has 0 aliphatic carbocycles. The number of carbonyl (C=O) groups is 1. The smallest absolute Gasteiger partial charge is 0.338 e. The van der Waals surface area contributed by atoms with E-state index in [2.05, 4.69) is 0 Å². The molecule has 0 spiro atoms. The summed E-state index contributed by atoms with van der Waals surface area (Å²) >= 11 is 7.16. The quantitative estimate of drug-likeness (QED) is 0.851. The molecule has 0 aliphatic heterocycles. The minimum absolute atomic E-state index is 0.394. The number of aliphatic hydroxyl groups is 1. The van der Waals surface area contributed by atoms with Gasteiger partial charge < -0.3 is 10.2 Å². The van der Waals surface area contributed by atoms with Gasteiger partial charge in [-0.05, 0) is 18.2 Å². The van der Waals surface area contributed by atoms with Gasteiger partial charge in [0.05, 0.1) is 0 Å². The van der Waals surface area contributed by atoms with Gasteiger partial charge in [-0.3, -0.25) is 0 Å². The second kappa shape index (κ2) is 3.81. The van der Waals surface area contributed by atoms with Crippen LogP contribution in [0.2, 0.25) is 5.02 Å². The zero-order valence-corrected chi connectivity index (χ0v) is 9.05. The third-order valence-corrected chi connectivity index (χ3v) is 3.51. The van der Waals surface area contributed by atoms with Crippen LogP contribution in [0.15, 0.2) is 24.3 Å². The second-order valence-corrected chi connectivity index (χ2v) is 4.56. The monoisotopic (exact) mass is 242 g/mol. The number of benzene rings is 1. The molecule has 5 heteroatoms. The normalized spacial score (nSPS) is 12.9. The number of hydrogen-bond acceptors (Lipinski definition) is 3. The molecule has 1 atom stereocenters. The van der Waals surface area contributed by atoms with E-state index in [1.807, 2.05) is 6.07 Å². The van der Waals surface area contributed by atoms with Crippen LogP contribution in [0.25, 0.3) is 10.1 Å². The number of carboxylic acids is 1. The molecule has 1 heterocycles. The SMILES string of the molecule is O=C(O)C(O)c1cc2c(Cl)cccc2s1. The number of rotatable bonds is 2. The van der Waals surface area contributed by atoms with Crippen LogP contribution in [0.5, 0.6) is 0 Å². The molecule has 0 saturated heterocycles. The van der Waals surface area contributed by atoms with E-state index in [0.29, 0.717) is 9.90 Å². The standard InChI is InChI=1S/C10H7ClO3S/c11-6-2-1-3-7-5(6)4-8(15-7)9(12)10(13)14/h1-4,9,12H,(H,13,14). The Morgan fingerprint density at radius 1 is 1.47 bits per heavy atom. The summed E-state index contributed by atoms with van der Waals surface area (Å²) in [6.45, 7) is 0. The summed E-state index contributed by atoms with van der Waals surface area (Å²) in [6.07, 6.45) is -1.47. The number of aliphatic carboxylic acids is 1. The summed E-state index contributed by atoms with van der Waals surface area (Å²) in [7, 11) is 0. The van der Waals surface area contributed by atoms with Crippen molar-refractivity contribution in [1.29, 1.82) is 0 Å². The lowest BCUT2D eigenvalue weighted by molar-refractivity contribution is -0.146. The highest BCUT2D eigenvalue weighted by molar-refractivity contribution is 7.19. The van der Waals surface area contributed by atoms with Gasteiger partial charge in [-0.15, -0.1) is 11.3 Å². The fraction of sp³-hybridized carbons (Fsp3) is 0.100. The predicted molar refractivity (Wildman–Crippen MR) is 59.4 cm³/mol. The largest absolute Gasteiger partial charge is 0.479 e. The number of halogens is 1. The van der Waals surface area contributed by atoms with Crippen molar-refractivity contribution in [2.24, 2.45) is 0 Å². The average Bonchev–Trinajstić information content (AvgIpc) is 2.61. The highest BCUT2D eigenvalue weighted by atomic mass is 35.5. The molecule has 2 rings (SSSR count). The molecule has 0 fully saturated rings. The third kappa shape index (κ3) is 1.84. The zero-order chi connectivity index (χ0) is 11.0. The van der Waals surface area contributed by atoms with E-state index in [1.165, 1.54) is 11.3 Å². The lowest BCUT2D eigenvalue weighted by atomic mass is 10.2. The topological polar surface area (TPSA) is 57.5 Å². The number of thiophene rings is 1. The van der Waals surface area contributed by atoms with Crippen molar-refractivity contribution in [2.45, 2.75) is 6.10 Å². The van der Waals surface area contributed by atoms with E-state index < -0.39 is 12.1 Å². The van der Waals surface area contributed by atoms with Gasteiger partial charge in [0.15, 0.2) is 6.10 Å². The lowest BCUT2D eigenvalue weighted by Gasteiger charge is -1.99. The van der Waals surface area contributed by atoms with E-state index in [9.17, 15) is 9.90 Å². The maximum Gasteiger partial charge on any atom is 0.338 e. The van der Waals surface area contributed by atoms with Crippen LogP contribution in [-0.2, 0) is 4.79 Å². The van der Waals surface area contributed by atoms with Gasteiger partial charge in [-0.25, -0.2) is 4.79 Å². The van der Waals surface area contributed by atoms with Gasteiger partial charge in [-0.1, -0.05) is 17.7 Å². The molecule has 2 N–H and O–H groups in total. The van der Waals surface area contributed by atoms with Crippen molar-refractivity contribution in [3.8, 4) is 0 Å². The molecule has 15 heavy (non-hydrogen) atoms. The van der Waals surface area contributed by atoms with E-state index in [1.54, 1.807) is 18.2 Å². The Morgan fingerprint density at radius 3 is 2.80 bits per heavy atom. The highest BCUT2D eigenvalue weighted by Crippen LogP contribution is 2.33. The van der Waals surface area contributed by atoms with E-state index in [0.717, 1.165) is 10.1 Å². The molecule has 0 aliphatic rings. The lowest BCUT2D eigenvalue weighted by Crippen LogP contribution is -2.08. The van der Waals surface area contributed by atoms with E-state index >= 15 is 0 Å². The Kier molecular flexibility index (Phi) is 2.65. The first-order chi connectivity index (χ1) is 7.09. The van der Waals surface area contributed by atoms with Gasteiger partial charge in [0.1, 0.15) is 0 Å². The van der Waals surface area contributed by atoms with Gasteiger partial charge in [0.25, 0.3) is 0 Å². The van der Waals surface area contributed by atoms with Crippen LogP contribution in [0.3, 0.4) is 0 Å². The fourth-order valence-corrected chi connectivity index (χ4v) is 2.66. The van der Waals surface area contributed by atoms with E-state index in [4.69, 9.17) is 16.7 Å². The predicted octanol–water partition coefficient (Wildman–Crippen LogP) is 2.67. The Hall–Kier alpha value is -1.10. The van der Waals surface area contributed by atoms with Crippen LogP contribution in [0.4, 0.5) is 0 Å². The van der Waals surface area contributed by atoms with Crippen molar-refractivity contribution < 1.29 is 15.0 Å². The molecule has 1 aromatic carbocycles. The maximum atomic E-state index is 10.6. The van der Waals surface area contributed by atoms with Crippen LogP contribution in [0, 0.1) is 0 Å². The Bertz CT molecular complexity index is 520. The summed E-state index contributed by atoms with van der Waals surface area (Å²) in [5, 5.41) is 19.4. The molecule has 1 aromatic heterocycles. The van der Waals surface area contributed by atoms with Crippen LogP contribution >= 0.6 is 22.9 Å². The van der Waals surface area contributed by atoms with Crippen LogP contribution in [0.1, 0.15) is 11.0 Å². The highest BCUT2D eigenvalue weighted by Gasteiger charge is 2.19. The number of fused-ring (bicyclic) bond motifs is 1. The van der Waals surface area contributed by atoms with Gasteiger partial charge in [0.2, 0.25) is 0 Å². The third-order valence-electron chi connectivity index (χ3n) is 2.03. The minimum Gasteiger partial charge on any atom is -0.479 e. The van der Waals surface area contributed by atoms with Crippen molar-refractivity contribution in [3.63, 3.8) is 0 Å². The number of carboxylic acid groups (broad SMARTS) is 1. The molecule has 0 amide bonds. The average molecular weight is 243 g/mol. The van der Waals surface area contributed by atoms with Crippen molar-refractivity contribution >= 4 is 39.0 Å². The summed E-state index contributed by atoms with van der Waals surface area (Å²) in [6, 6.07) is 6.97. The first-order valence-corrected chi connectivity index (χ1v) is 5.38. The molecule has 2 aromatic rings. The molecular formula is C10H7ClO3S. The van der Waals surface area contributed by atoms with Crippen molar-refractivity contribution in [3.05, 3.63) is 34.2 Å². The summed E-state index contributed by atoms with van der Waals surface area (Å²) in [5.74, 6) is -1.25. The Balaban J connectivity index is 2.56. The summed E-state index contributed by atoms with van der Waals surface area (Å²) in [4.78, 5) is 11.0. The molecule has 3 nitrogen and oxygen atoms in total. The molecular weight excluding hydrogens is 236 g/mol. The molecule has 0 bridgehead atoms. The molecule has 1 unspecified atom stereocenters. The maximum absolute atomic E-state index is 10.6. The van der Waals surface area contributed by atoms with Gasteiger partial charge in [-0.2, -0.15) is 0 Å². The number of hydrogen-bond donors (Lipinski definition) is 2. The second-order valence-electron chi connectivity index (χ2n) is 3.04. The van der Waals surface area contributed by atoms with E-state index in [-0.39, 0.29) is 0 Å². The molecule has 0 radical (unpaired) electrons. The van der Waals surface area contributed by atoms with Crippen molar-refractivity contribution in [1.82, 2.24) is 0 Å². The zero-order valence-electron chi connectivity index (χ0n) is 7.48. The summed E-state index contributed by atoms with van der Waals surface area (Å²) < 4.78 is 0.873. The fourth-order valence-electron chi connectivity index (χ4n) is 1.30. The minimum atomic E-state index is -1.47.